The van der Waals surface area contributed by atoms with Gasteiger partial charge in [0.05, 0.1) is 13.2 Å². The lowest BCUT2D eigenvalue weighted by Gasteiger charge is -2.26. The summed E-state index contributed by atoms with van der Waals surface area (Å²) in [6.07, 6.45) is 0.455. The molecular weight excluding hydrogens is 292 g/mol. The van der Waals surface area contributed by atoms with Gasteiger partial charge in [-0.2, -0.15) is 0 Å². The summed E-state index contributed by atoms with van der Waals surface area (Å²) in [7, 11) is 0. The third-order valence-corrected chi connectivity index (χ3v) is 3.58. The minimum absolute atomic E-state index is 0.0138. The lowest BCUT2D eigenvalue weighted by Crippen LogP contribution is -2.41. The normalized spacial score (nSPS) is 14.8. The van der Waals surface area contributed by atoms with E-state index in [0.717, 1.165) is 5.56 Å². The standard InChI is InChI=1S/C15H19ClN2O3/c16-13-3-1-12(2-4-13)11-17-14(19)5-6-15(20)18-7-9-21-10-8-18/h1-4H,5-11H2,(H,17,19). The molecule has 5 nitrogen and oxygen atoms in total. The molecule has 1 fully saturated rings. The van der Waals surface area contributed by atoms with Crippen molar-refractivity contribution in [2.24, 2.45) is 0 Å². The van der Waals surface area contributed by atoms with Gasteiger partial charge in [0.1, 0.15) is 0 Å². The zero-order chi connectivity index (χ0) is 15.1. The Balaban J connectivity index is 1.67. The van der Waals surface area contributed by atoms with Crippen LogP contribution in [0.1, 0.15) is 18.4 Å². The largest absolute Gasteiger partial charge is 0.378 e. The maximum Gasteiger partial charge on any atom is 0.223 e. The highest BCUT2D eigenvalue weighted by atomic mass is 35.5. The first kappa shape index (κ1) is 15.8. The molecule has 0 unspecified atom stereocenters. The Morgan fingerprint density at radius 2 is 1.81 bits per heavy atom. The maximum absolute atomic E-state index is 11.9. The van der Waals surface area contributed by atoms with Crippen LogP contribution in [0.25, 0.3) is 0 Å². The number of amides is 2. The molecule has 114 valence electrons. The highest BCUT2D eigenvalue weighted by Crippen LogP contribution is 2.09. The van der Waals surface area contributed by atoms with Gasteiger partial charge >= 0.3 is 0 Å². The number of benzene rings is 1. The second-order valence-electron chi connectivity index (χ2n) is 4.90. The van der Waals surface area contributed by atoms with Gasteiger partial charge in [0.2, 0.25) is 11.8 Å². The molecule has 0 aromatic heterocycles. The molecule has 1 N–H and O–H groups in total. The van der Waals surface area contributed by atoms with Crippen LogP contribution >= 0.6 is 11.6 Å². The smallest absolute Gasteiger partial charge is 0.223 e. The predicted octanol–water partition coefficient (Wildman–Crippen LogP) is 1.60. The monoisotopic (exact) mass is 310 g/mol. The van der Waals surface area contributed by atoms with E-state index in [4.69, 9.17) is 16.3 Å². The lowest BCUT2D eigenvalue weighted by molar-refractivity contribution is -0.137. The Morgan fingerprint density at radius 1 is 1.14 bits per heavy atom. The number of carbonyl (C=O) groups is 2. The molecular formula is C15H19ClN2O3. The van der Waals surface area contributed by atoms with Gasteiger partial charge in [0.25, 0.3) is 0 Å². The molecule has 0 bridgehead atoms. The third kappa shape index (κ3) is 5.36. The number of morpholine rings is 1. The minimum Gasteiger partial charge on any atom is -0.378 e. The predicted molar refractivity (Wildman–Crippen MR) is 79.9 cm³/mol. The zero-order valence-electron chi connectivity index (χ0n) is 11.8. The van der Waals surface area contributed by atoms with Crippen molar-refractivity contribution in [1.82, 2.24) is 10.2 Å². The summed E-state index contributed by atoms with van der Waals surface area (Å²) in [5, 5.41) is 3.47. The number of carbonyl (C=O) groups excluding carboxylic acids is 2. The molecule has 1 saturated heterocycles. The van der Waals surface area contributed by atoms with Gasteiger partial charge in [0.15, 0.2) is 0 Å². The quantitative estimate of drug-likeness (QED) is 0.898. The van der Waals surface area contributed by atoms with E-state index in [0.29, 0.717) is 37.9 Å². The Hall–Kier alpha value is -1.59. The number of halogens is 1. The van der Waals surface area contributed by atoms with E-state index in [2.05, 4.69) is 5.32 Å². The molecule has 1 aliphatic heterocycles. The van der Waals surface area contributed by atoms with Crippen LogP contribution in [0, 0.1) is 0 Å². The van der Waals surface area contributed by atoms with Gasteiger partial charge in [-0.25, -0.2) is 0 Å². The average Bonchev–Trinajstić information content (AvgIpc) is 2.53. The van der Waals surface area contributed by atoms with Crippen LogP contribution in [0.2, 0.25) is 5.02 Å². The second-order valence-corrected chi connectivity index (χ2v) is 5.33. The summed E-state index contributed by atoms with van der Waals surface area (Å²) in [6.45, 7) is 2.83. The Labute approximate surface area is 129 Å². The van der Waals surface area contributed by atoms with Crippen molar-refractivity contribution < 1.29 is 14.3 Å². The Bertz CT molecular complexity index is 484. The summed E-state index contributed by atoms with van der Waals surface area (Å²) < 4.78 is 5.19. The summed E-state index contributed by atoms with van der Waals surface area (Å²) in [4.78, 5) is 25.4. The molecule has 1 heterocycles. The van der Waals surface area contributed by atoms with Crippen LogP contribution in [-0.4, -0.2) is 43.0 Å². The van der Waals surface area contributed by atoms with Gasteiger partial charge in [-0.15, -0.1) is 0 Å². The van der Waals surface area contributed by atoms with E-state index in [1.54, 1.807) is 17.0 Å². The molecule has 1 aromatic carbocycles. The molecule has 0 saturated carbocycles. The first-order valence-corrected chi connectivity index (χ1v) is 7.39. The van der Waals surface area contributed by atoms with E-state index in [-0.39, 0.29) is 24.7 Å². The van der Waals surface area contributed by atoms with Gasteiger partial charge < -0.3 is 15.0 Å². The number of nitrogens with zero attached hydrogens (tertiary/aromatic N) is 1. The number of rotatable bonds is 5. The van der Waals surface area contributed by atoms with Crippen LogP contribution in [0.4, 0.5) is 0 Å². The number of hydrogen-bond acceptors (Lipinski definition) is 3. The van der Waals surface area contributed by atoms with Crippen molar-refractivity contribution in [3.63, 3.8) is 0 Å². The molecule has 6 heteroatoms. The maximum atomic E-state index is 11.9. The fourth-order valence-electron chi connectivity index (χ4n) is 2.08. The van der Waals surface area contributed by atoms with Gasteiger partial charge in [0, 0.05) is 37.5 Å². The number of nitrogens with one attached hydrogen (secondary N) is 1. The lowest BCUT2D eigenvalue weighted by atomic mass is 10.2. The molecule has 21 heavy (non-hydrogen) atoms. The Kier molecular flexibility index (Phi) is 6.02. The van der Waals surface area contributed by atoms with Crippen molar-refractivity contribution in [2.75, 3.05) is 26.3 Å². The highest BCUT2D eigenvalue weighted by Gasteiger charge is 2.17. The van der Waals surface area contributed by atoms with E-state index in [9.17, 15) is 9.59 Å². The molecule has 2 rings (SSSR count). The SMILES string of the molecule is O=C(CCC(=O)N1CCOCC1)NCc1ccc(Cl)cc1. The van der Waals surface area contributed by atoms with E-state index in [1.165, 1.54) is 0 Å². The van der Waals surface area contributed by atoms with Crippen LogP contribution in [0.15, 0.2) is 24.3 Å². The van der Waals surface area contributed by atoms with Crippen molar-refractivity contribution in [2.45, 2.75) is 19.4 Å². The zero-order valence-corrected chi connectivity index (χ0v) is 12.6. The van der Waals surface area contributed by atoms with Gasteiger partial charge in [-0.05, 0) is 17.7 Å². The molecule has 2 amide bonds. The molecule has 0 radical (unpaired) electrons. The first-order chi connectivity index (χ1) is 10.1. The number of ether oxygens (including phenoxy) is 1. The summed E-state index contributed by atoms with van der Waals surface area (Å²) in [6, 6.07) is 7.29. The molecule has 1 aromatic rings. The van der Waals surface area contributed by atoms with Gasteiger partial charge in [-0.3, -0.25) is 9.59 Å². The van der Waals surface area contributed by atoms with Crippen LogP contribution in [-0.2, 0) is 20.9 Å². The first-order valence-electron chi connectivity index (χ1n) is 7.02. The highest BCUT2D eigenvalue weighted by molar-refractivity contribution is 6.30. The molecule has 0 aliphatic carbocycles. The summed E-state index contributed by atoms with van der Waals surface area (Å²) in [5.74, 6) is -0.105. The fraction of sp³-hybridized carbons (Fsp3) is 0.467. The summed E-state index contributed by atoms with van der Waals surface area (Å²) >= 11 is 5.79. The molecule has 0 atom stereocenters. The fourth-order valence-corrected chi connectivity index (χ4v) is 2.21. The number of hydrogen-bond donors (Lipinski definition) is 1. The topological polar surface area (TPSA) is 58.6 Å². The van der Waals surface area contributed by atoms with Crippen molar-refractivity contribution >= 4 is 23.4 Å². The second kappa shape index (κ2) is 8.00. The van der Waals surface area contributed by atoms with Crippen LogP contribution < -0.4 is 5.32 Å². The average molecular weight is 311 g/mol. The van der Waals surface area contributed by atoms with Gasteiger partial charge in [-0.1, -0.05) is 23.7 Å². The van der Waals surface area contributed by atoms with Crippen molar-refractivity contribution in [3.05, 3.63) is 34.9 Å². The van der Waals surface area contributed by atoms with Crippen LogP contribution in [0.3, 0.4) is 0 Å². The van der Waals surface area contributed by atoms with Crippen molar-refractivity contribution in [1.29, 1.82) is 0 Å². The molecule has 1 aliphatic rings. The van der Waals surface area contributed by atoms with Crippen molar-refractivity contribution in [3.8, 4) is 0 Å². The van der Waals surface area contributed by atoms with E-state index < -0.39 is 0 Å². The minimum atomic E-state index is -0.119. The third-order valence-electron chi connectivity index (χ3n) is 3.33. The van der Waals surface area contributed by atoms with Crippen LogP contribution in [0.5, 0.6) is 0 Å². The van der Waals surface area contributed by atoms with E-state index >= 15 is 0 Å². The summed E-state index contributed by atoms with van der Waals surface area (Å²) in [5.41, 5.74) is 0.979. The Morgan fingerprint density at radius 3 is 2.48 bits per heavy atom. The van der Waals surface area contributed by atoms with E-state index in [1.807, 2.05) is 12.1 Å². The molecule has 0 spiro atoms.